The average molecular weight is 190 g/mol. The van der Waals surface area contributed by atoms with Crippen molar-refractivity contribution in [2.24, 2.45) is 0 Å². The number of hydrogen-bond acceptors (Lipinski definition) is 2. The number of benzene rings is 1. The van der Waals surface area contributed by atoms with Crippen LogP contribution in [-0.4, -0.2) is 12.6 Å². The minimum Gasteiger partial charge on any atom is -0.462 e. The van der Waals surface area contributed by atoms with E-state index in [0.29, 0.717) is 25.0 Å². The highest BCUT2D eigenvalue weighted by Gasteiger charge is 2.10. The van der Waals surface area contributed by atoms with Crippen LogP contribution in [-0.2, 0) is 11.2 Å². The van der Waals surface area contributed by atoms with Crippen LogP contribution in [0.5, 0.6) is 0 Å². The summed E-state index contributed by atoms with van der Waals surface area (Å²) in [6.45, 7) is 7.65. The summed E-state index contributed by atoms with van der Waals surface area (Å²) in [5.41, 5.74) is 1.58. The molecule has 1 aromatic carbocycles. The number of aryl methyl sites for hydroxylation is 1. The molecule has 2 nitrogen and oxygen atoms in total. The van der Waals surface area contributed by atoms with Crippen LogP contribution in [0.4, 0.5) is 0 Å². The molecular weight excluding hydrogens is 176 g/mol. The second-order valence-electron chi connectivity index (χ2n) is 2.92. The normalized spacial score (nSPS) is 9.86. The average Bonchev–Trinajstić information content (AvgIpc) is 2.19. The van der Waals surface area contributed by atoms with Gasteiger partial charge in [-0.05, 0) is 38.3 Å². The van der Waals surface area contributed by atoms with E-state index in [0.717, 1.165) is 5.56 Å². The van der Waals surface area contributed by atoms with Gasteiger partial charge in [-0.25, -0.2) is 4.79 Å². The molecule has 0 aromatic heterocycles. The quantitative estimate of drug-likeness (QED) is 0.682. The van der Waals surface area contributed by atoms with Gasteiger partial charge in [0.15, 0.2) is 0 Å². The Morgan fingerprint density at radius 3 is 2.79 bits per heavy atom. The predicted molar refractivity (Wildman–Crippen MR) is 55.0 cm³/mol. The van der Waals surface area contributed by atoms with Crippen LogP contribution in [0.2, 0.25) is 0 Å². The van der Waals surface area contributed by atoms with Crippen molar-refractivity contribution in [3.05, 3.63) is 42.3 Å². The molecule has 1 aromatic rings. The molecule has 0 saturated carbocycles. The highest BCUT2D eigenvalue weighted by atomic mass is 16.5. The number of carbonyl (C=O) groups excluding carboxylic acids is 1. The number of carbonyl (C=O) groups is 1. The molecule has 0 aliphatic carbocycles. The summed E-state index contributed by atoms with van der Waals surface area (Å²) in [4.78, 5) is 11.5. The van der Waals surface area contributed by atoms with Crippen LogP contribution in [0.25, 0.3) is 0 Å². The molecule has 0 atom stereocenters. The van der Waals surface area contributed by atoms with Crippen molar-refractivity contribution in [2.45, 2.75) is 19.8 Å². The van der Waals surface area contributed by atoms with Gasteiger partial charge in [0.05, 0.1) is 12.2 Å². The van der Waals surface area contributed by atoms with Gasteiger partial charge in [0.25, 0.3) is 0 Å². The lowest BCUT2D eigenvalue weighted by atomic mass is 10.0. The molecule has 74 valence electrons. The summed E-state index contributed by atoms with van der Waals surface area (Å²) in [6.07, 6.45) is 1.24. The SMILES string of the molecule is [CH]CCc1ccccc1C(=O)OCC. The highest BCUT2D eigenvalue weighted by molar-refractivity contribution is 5.91. The monoisotopic (exact) mass is 190 g/mol. The highest BCUT2D eigenvalue weighted by Crippen LogP contribution is 2.12. The topological polar surface area (TPSA) is 26.3 Å². The van der Waals surface area contributed by atoms with Gasteiger partial charge in [0.2, 0.25) is 0 Å². The molecule has 0 spiro atoms. The van der Waals surface area contributed by atoms with Crippen LogP contribution < -0.4 is 0 Å². The van der Waals surface area contributed by atoms with Crippen molar-refractivity contribution in [3.63, 3.8) is 0 Å². The summed E-state index contributed by atoms with van der Waals surface area (Å²) in [6, 6.07) is 7.39. The largest absolute Gasteiger partial charge is 0.462 e. The van der Waals surface area contributed by atoms with Crippen molar-refractivity contribution in [1.29, 1.82) is 0 Å². The van der Waals surface area contributed by atoms with E-state index < -0.39 is 0 Å². The number of esters is 1. The maximum absolute atomic E-state index is 11.5. The fourth-order valence-corrected chi connectivity index (χ4v) is 1.30. The maximum atomic E-state index is 11.5. The van der Waals surface area contributed by atoms with Gasteiger partial charge in [-0.3, -0.25) is 0 Å². The first-order valence-corrected chi connectivity index (χ1v) is 4.74. The number of hydrogen-bond donors (Lipinski definition) is 0. The molecule has 0 fully saturated rings. The number of ether oxygens (including phenoxy) is 1. The van der Waals surface area contributed by atoms with E-state index >= 15 is 0 Å². The minimum atomic E-state index is -0.267. The van der Waals surface area contributed by atoms with Crippen molar-refractivity contribution in [2.75, 3.05) is 6.61 Å². The smallest absolute Gasteiger partial charge is 0.338 e. The molecule has 0 aliphatic heterocycles. The van der Waals surface area contributed by atoms with E-state index in [-0.39, 0.29) is 5.97 Å². The van der Waals surface area contributed by atoms with Gasteiger partial charge in [0.1, 0.15) is 0 Å². The molecule has 0 saturated heterocycles. The van der Waals surface area contributed by atoms with Crippen LogP contribution >= 0.6 is 0 Å². The molecular formula is C12H14O2. The van der Waals surface area contributed by atoms with Crippen LogP contribution in [0, 0.1) is 6.92 Å². The molecule has 2 heteroatoms. The van der Waals surface area contributed by atoms with Crippen molar-refractivity contribution >= 4 is 5.97 Å². The Morgan fingerprint density at radius 1 is 1.43 bits per heavy atom. The third kappa shape index (κ3) is 2.59. The molecule has 14 heavy (non-hydrogen) atoms. The van der Waals surface area contributed by atoms with Gasteiger partial charge in [-0.1, -0.05) is 18.2 Å². The van der Waals surface area contributed by atoms with Crippen LogP contribution in [0.1, 0.15) is 29.3 Å². The third-order valence-electron chi connectivity index (χ3n) is 1.93. The lowest BCUT2D eigenvalue weighted by Gasteiger charge is -2.06. The second kappa shape index (κ2) is 5.43. The fourth-order valence-electron chi connectivity index (χ4n) is 1.30. The first-order chi connectivity index (χ1) is 6.79. The van der Waals surface area contributed by atoms with Gasteiger partial charge >= 0.3 is 5.97 Å². The fraction of sp³-hybridized carbons (Fsp3) is 0.333. The second-order valence-corrected chi connectivity index (χ2v) is 2.92. The summed E-state index contributed by atoms with van der Waals surface area (Å²) < 4.78 is 4.94. The van der Waals surface area contributed by atoms with Crippen molar-refractivity contribution in [3.8, 4) is 0 Å². The minimum absolute atomic E-state index is 0.267. The zero-order valence-corrected chi connectivity index (χ0v) is 8.32. The van der Waals surface area contributed by atoms with E-state index in [9.17, 15) is 4.79 Å². The first-order valence-electron chi connectivity index (χ1n) is 4.74. The summed E-state index contributed by atoms with van der Waals surface area (Å²) in [5.74, 6) is -0.267. The van der Waals surface area contributed by atoms with Crippen LogP contribution in [0.15, 0.2) is 24.3 Å². The molecule has 1 rings (SSSR count). The molecule has 0 aliphatic rings. The van der Waals surface area contributed by atoms with Gasteiger partial charge in [0, 0.05) is 0 Å². The lowest BCUT2D eigenvalue weighted by Crippen LogP contribution is -2.07. The molecule has 0 N–H and O–H groups in total. The Hall–Kier alpha value is -1.31. The van der Waals surface area contributed by atoms with E-state index in [4.69, 9.17) is 11.7 Å². The Morgan fingerprint density at radius 2 is 2.14 bits per heavy atom. The Bertz CT molecular complexity index is 305. The zero-order chi connectivity index (χ0) is 10.4. The Balaban J connectivity index is 2.88. The molecule has 0 unspecified atom stereocenters. The lowest BCUT2D eigenvalue weighted by molar-refractivity contribution is 0.0525. The van der Waals surface area contributed by atoms with E-state index in [2.05, 4.69) is 0 Å². The summed E-state index contributed by atoms with van der Waals surface area (Å²) in [7, 11) is 0. The van der Waals surface area contributed by atoms with E-state index in [1.54, 1.807) is 13.0 Å². The third-order valence-corrected chi connectivity index (χ3v) is 1.93. The van der Waals surface area contributed by atoms with Crippen molar-refractivity contribution in [1.82, 2.24) is 0 Å². The molecule has 0 bridgehead atoms. The number of rotatable bonds is 4. The molecule has 2 radical (unpaired) electrons. The Labute approximate surface area is 84.9 Å². The van der Waals surface area contributed by atoms with Gasteiger partial charge in [-0.2, -0.15) is 0 Å². The van der Waals surface area contributed by atoms with E-state index in [1.165, 1.54) is 0 Å². The predicted octanol–water partition coefficient (Wildman–Crippen LogP) is 2.51. The summed E-state index contributed by atoms with van der Waals surface area (Å²) in [5, 5.41) is 0. The van der Waals surface area contributed by atoms with Gasteiger partial charge in [-0.15, -0.1) is 0 Å². The zero-order valence-electron chi connectivity index (χ0n) is 8.32. The van der Waals surface area contributed by atoms with Crippen LogP contribution in [0.3, 0.4) is 0 Å². The Kier molecular flexibility index (Phi) is 4.17. The van der Waals surface area contributed by atoms with Gasteiger partial charge < -0.3 is 4.74 Å². The maximum Gasteiger partial charge on any atom is 0.338 e. The standard InChI is InChI=1S/C12H14O2/c1-3-7-10-8-5-6-9-11(10)12(13)14-4-2/h1,5-6,8-9H,3-4,7H2,2H3. The van der Waals surface area contributed by atoms with Crippen molar-refractivity contribution < 1.29 is 9.53 Å². The molecule has 0 amide bonds. The first kappa shape index (κ1) is 10.8. The summed E-state index contributed by atoms with van der Waals surface area (Å²) >= 11 is 0. The van der Waals surface area contributed by atoms with E-state index in [1.807, 2.05) is 18.2 Å². The molecule has 0 heterocycles.